The molecule has 2 fully saturated rings. The van der Waals surface area contributed by atoms with Crippen LogP contribution in [-0.2, 0) is 4.74 Å². The van der Waals surface area contributed by atoms with E-state index in [2.05, 4.69) is 53.4 Å². The SMILES string of the molecule is O=C(OCC1c2ccccc2-c2ccccc21)N1CCC(N2CCC(O)CC2)CC1. The summed E-state index contributed by atoms with van der Waals surface area (Å²) in [7, 11) is 0. The standard InChI is InChI=1S/C25H30N2O3/c28-19-11-15-26(16-12-19)18-9-13-27(14-10-18)25(29)30-17-24-22-7-3-1-5-20(22)21-6-2-4-8-23(21)24/h1-8,18-19,24,28H,9-17H2. The smallest absolute Gasteiger partial charge is 0.409 e. The number of hydrogen-bond donors (Lipinski definition) is 1. The van der Waals surface area contributed by atoms with Gasteiger partial charge in [-0.1, -0.05) is 48.5 Å². The van der Waals surface area contributed by atoms with E-state index >= 15 is 0 Å². The first-order valence-electron chi connectivity index (χ1n) is 11.2. The second kappa shape index (κ2) is 8.40. The molecule has 2 saturated heterocycles. The van der Waals surface area contributed by atoms with Gasteiger partial charge < -0.3 is 19.6 Å². The third kappa shape index (κ3) is 3.72. The van der Waals surface area contributed by atoms with Crippen LogP contribution in [0, 0.1) is 0 Å². The Hall–Kier alpha value is -2.37. The summed E-state index contributed by atoms with van der Waals surface area (Å²) in [4.78, 5) is 17.1. The molecule has 1 aliphatic carbocycles. The van der Waals surface area contributed by atoms with Crippen LogP contribution in [0.4, 0.5) is 4.79 Å². The molecule has 0 spiro atoms. The minimum Gasteiger partial charge on any atom is -0.448 e. The normalized spacial score (nSPS) is 20.8. The molecule has 2 heterocycles. The molecule has 0 radical (unpaired) electrons. The van der Waals surface area contributed by atoms with Gasteiger partial charge in [0, 0.05) is 38.1 Å². The number of hydrogen-bond acceptors (Lipinski definition) is 4. The van der Waals surface area contributed by atoms with Crippen molar-refractivity contribution in [1.29, 1.82) is 0 Å². The summed E-state index contributed by atoms with van der Waals surface area (Å²) in [6.07, 6.45) is 3.38. The molecule has 2 aromatic rings. The zero-order valence-electron chi connectivity index (χ0n) is 17.4. The lowest BCUT2D eigenvalue weighted by Gasteiger charge is -2.40. The van der Waals surface area contributed by atoms with Crippen molar-refractivity contribution in [1.82, 2.24) is 9.80 Å². The summed E-state index contributed by atoms with van der Waals surface area (Å²) in [5.41, 5.74) is 5.00. The first-order chi connectivity index (χ1) is 14.7. The summed E-state index contributed by atoms with van der Waals surface area (Å²) < 4.78 is 5.81. The minimum atomic E-state index is -0.190. The van der Waals surface area contributed by atoms with E-state index in [0.29, 0.717) is 12.6 Å². The molecule has 3 aliphatic rings. The Bertz CT molecular complexity index is 853. The van der Waals surface area contributed by atoms with E-state index in [1.165, 1.54) is 22.3 Å². The first kappa shape index (κ1) is 19.6. The Morgan fingerprint density at radius 3 is 2.03 bits per heavy atom. The number of aliphatic hydroxyl groups is 1. The second-order valence-electron chi connectivity index (χ2n) is 8.79. The number of carbonyl (C=O) groups excluding carboxylic acids is 1. The zero-order valence-corrected chi connectivity index (χ0v) is 17.4. The molecular weight excluding hydrogens is 376 g/mol. The third-order valence-electron chi connectivity index (χ3n) is 7.07. The summed E-state index contributed by atoms with van der Waals surface area (Å²) in [6.45, 7) is 3.82. The zero-order chi connectivity index (χ0) is 20.5. The molecule has 0 atom stereocenters. The topological polar surface area (TPSA) is 53.0 Å². The molecular formula is C25H30N2O3. The summed E-state index contributed by atoms with van der Waals surface area (Å²) in [5.74, 6) is 0.110. The molecule has 2 aliphatic heterocycles. The van der Waals surface area contributed by atoms with Crippen LogP contribution in [0.5, 0.6) is 0 Å². The van der Waals surface area contributed by atoms with Gasteiger partial charge in [0.15, 0.2) is 0 Å². The van der Waals surface area contributed by atoms with Crippen molar-refractivity contribution in [3.8, 4) is 11.1 Å². The van der Waals surface area contributed by atoms with Gasteiger partial charge in [-0.2, -0.15) is 0 Å². The second-order valence-corrected chi connectivity index (χ2v) is 8.79. The van der Waals surface area contributed by atoms with Crippen molar-refractivity contribution in [3.05, 3.63) is 59.7 Å². The van der Waals surface area contributed by atoms with Gasteiger partial charge in [0.05, 0.1) is 6.10 Å². The van der Waals surface area contributed by atoms with Crippen molar-refractivity contribution in [2.24, 2.45) is 0 Å². The molecule has 158 valence electrons. The predicted octanol–water partition coefficient (Wildman–Crippen LogP) is 3.86. The lowest BCUT2D eigenvalue weighted by atomic mass is 9.98. The van der Waals surface area contributed by atoms with E-state index in [0.717, 1.165) is 51.9 Å². The quantitative estimate of drug-likeness (QED) is 0.841. The van der Waals surface area contributed by atoms with Crippen LogP contribution >= 0.6 is 0 Å². The van der Waals surface area contributed by atoms with Crippen molar-refractivity contribution in [2.75, 3.05) is 32.8 Å². The number of fused-ring (bicyclic) bond motifs is 3. The number of piperidine rings is 2. The Balaban J connectivity index is 1.18. The van der Waals surface area contributed by atoms with E-state index in [1.807, 2.05) is 4.90 Å². The highest BCUT2D eigenvalue weighted by molar-refractivity contribution is 5.79. The lowest BCUT2D eigenvalue weighted by molar-refractivity contribution is 0.0344. The van der Waals surface area contributed by atoms with Crippen LogP contribution in [0.15, 0.2) is 48.5 Å². The van der Waals surface area contributed by atoms with Crippen molar-refractivity contribution < 1.29 is 14.6 Å². The number of benzene rings is 2. The number of amides is 1. The third-order valence-corrected chi connectivity index (χ3v) is 7.07. The maximum absolute atomic E-state index is 12.8. The molecule has 5 heteroatoms. The van der Waals surface area contributed by atoms with E-state index in [9.17, 15) is 9.90 Å². The van der Waals surface area contributed by atoms with Crippen LogP contribution in [0.25, 0.3) is 11.1 Å². The molecule has 1 N–H and O–H groups in total. The van der Waals surface area contributed by atoms with Gasteiger partial charge in [0.25, 0.3) is 0 Å². The number of likely N-dealkylation sites (tertiary alicyclic amines) is 2. The van der Waals surface area contributed by atoms with Crippen LogP contribution < -0.4 is 0 Å². The van der Waals surface area contributed by atoms with Crippen molar-refractivity contribution >= 4 is 6.09 Å². The molecule has 1 amide bonds. The van der Waals surface area contributed by atoms with Crippen molar-refractivity contribution in [2.45, 2.75) is 43.7 Å². The highest BCUT2D eigenvalue weighted by Crippen LogP contribution is 2.44. The van der Waals surface area contributed by atoms with E-state index < -0.39 is 0 Å². The Morgan fingerprint density at radius 2 is 1.43 bits per heavy atom. The molecule has 30 heavy (non-hydrogen) atoms. The first-order valence-corrected chi connectivity index (χ1v) is 11.2. The van der Waals surface area contributed by atoms with Crippen LogP contribution in [0.3, 0.4) is 0 Å². The fraction of sp³-hybridized carbons (Fsp3) is 0.480. The maximum atomic E-state index is 12.8. The maximum Gasteiger partial charge on any atom is 0.409 e. The lowest BCUT2D eigenvalue weighted by Crippen LogP contribution is -2.49. The number of nitrogens with zero attached hydrogens (tertiary/aromatic N) is 2. The van der Waals surface area contributed by atoms with Gasteiger partial charge in [-0.25, -0.2) is 4.79 Å². The van der Waals surface area contributed by atoms with Gasteiger partial charge in [-0.3, -0.25) is 0 Å². The van der Waals surface area contributed by atoms with Gasteiger partial charge in [0.2, 0.25) is 0 Å². The van der Waals surface area contributed by atoms with Crippen LogP contribution in [-0.4, -0.2) is 65.9 Å². The monoisotopic (exact) mass is 406 g/mol. The largest absolute Gasteiger partial charge is 0.448 e. The highest BCUT2D eigenvalue weighted by Gasteiger charge is 2.32. The molecule has 0 bridgehead atoms. The van der Waals surface area contributed by atoms with Gasteiger partial charge in [0.1, 0.15) is 6.61 Å². The predicted molar refractivity (Wildman–Crippen MR) is 116 cm³/mol. The van der Waals surface area contributed by atoms with Crippen molar-refractivity contribution in [3.63, 3.8) is 0 Å². The number of carbonyl (C=O) groups is 1. The summed E-state index contributed by atoms with van der Waals surface area (Å²) >= 11 is 0. The molecule has 2 aromatic carbocycles. The molecule has 0 aromatic heterocycles. The average Bonchev–Trinajstić information content (AvgIpc) is 3.12. The Morgan fingerprint density at radius 1 is 0.867 bits per heavy atom. The summed E-state index contributed by atoms with van der Waals surface area (Å²) in [6, 6.07) is 17.4. The molecule has 0 unspecified atom stereocenters. The molecule has 0 saturated carbocycles. The Labute approximate surface area is 178 Å². The van der Waals surface area contributed by atoms with Gasteiger partial charge in [-0.15, -0.1) is 0 Å². The van der Waals surface area contributed by atoms with E-state index in [4.69, 9.17) is 4.74 Å². The number of aliphatic hydroxyl groups excluding tert-OH is 1. The summed E-state index contributed by atoms with van der Waals surface area (Å²) in [5, 5.41) is 9.72. The highest BCUT2D eigenvalue weighted by atomic mass is 16.6. The van der Waals surface area contributed by atoms with Crippen LogP contribution in [0.1, 0.15) is 42.7 Å². The van der Waals surface area contributed by atoms with E-state index in [-0.39, 0.29) is 18.1 Å². The molecule has 5 nitrogen and oxygen atoms in total. The Kier molecular flexibility index (Phi) is 5.48. The number of ether oxygens (including phenoxy) is 1. The number of rotatable bonds is 3. The van der Waals surface area contributed by atoms with Crippen LogP contribution in [0.2, 0.25) is 0 Å². The average molecular weight is 407 g/mol. The van der Waals surface area contributed by atoms with E-state index in [1.54, 1.807) is 0 Å². The minimum absolute atomic E-state index is 0.110. The van der Waals surface area contributed by atoms with Gasteiger partial charge in [-0.05, 0) is 47.9 Å². The van der Waals surface area contributed by atoms with Gasteiger partial charge >= 0.3 is 6.09 Å². The fourth-order valence-corrected chi connectivity index (χ4v) is 5.35. The molecule has 5 rings (SSSR count). The fourth-order valence-electron chi connectivity index (χ4n) is 5.35.